The van der Waals surface area contributed by atoms with Gasteiger partial charge in [-0.3, -0.25) is 10.1 Å². The number of aromatic nitrogens is 2. The van der Waals surface area contributed by atoms with E-state index in [0.29, 0.717) is 17.4 Å². The van der Waals surface area contributed by atoms with E-state index in [1.165, 1.54) is 11.8 Å². The van der Waals surface area contributed by atoms with Gasteiger partial charge in [0.05, 0.1) is 24.3 Å². The molecule has 0 bridgehead atoms. The lowest BCUT2D eigenvalue weighted by Crippen LogP contribution is -2.40. The van der Waals surface area contributed by atoms with Crippen LogP contribution in [0.3, 0.4) is 0 Å². The quantitative estimate of drug-likeness (QED) is 0.651. The molecular weight excluding hydrogens is 268 g/mol. The Hall–Kier alpha value is -1.54. The molecule has 1 aromatic heterocycles. The third-order valence-electron chi connectivity index (χ3n) is 2.32. The lowest BCUT2D eigenvalue weighted by molar-refractivity contribution is -0.117. The van der Waals surface area contributed by atoms with E-state index in [1.807, 2.05) is 6.92 Å². The lowest BCUT2D eigenvalue weighted by atomic mass is 10.5. The van der Waals surface area contributed by atoms with E-state index >= 15 is 0 Å². The number of carbonyl (C=O) groups is 2. The molecule has 0 unspecified atom stereocenters. The fourth-order valence-electron chi connectivity index (χ4n) is 1.28. The van der Waals surface area contributed by atoms with E-state index in [9.17, 15) is 9.59 Å². The molecule has 0 radical (unpaired) electrons. The van der Waals surface area contributed by atoms with Crippen LogP contribution in [0.25, 0.3) is 0 Å². The first-order chi connectivity index (χ1) is 9.08. The van der Waals surface area contributed by atoms with Crippen molar-refractivity contribution >= 4 is 23.7 Å². The summed E-state index contributed by atoms with van der Waals surface area (Å²) in [6.45, 7) is 2.36. The number of nitrogens with one attached hydrogen (secondary N) is 2. The predicted octanol–water partition coefficient (Wildman–Crippen LogP) is 0.240. The highest BCUT2D eigenvalue weighted by molar-refractivity contribution is 7.99. The molecule has 1 rings (SSSR count). The summed E-state index contributed by atoms with van der Waals surface area (Å²) >= 11 is 1.21. The number of aliphatic hydroxyl groups excluding tert-OH is 1. The molecule has 0 saturated carbocycles. The number of rotatable bonds is 6. The summed E-state index contributed by atoms with van der Waals surface area (Å²) in [5, 5.41) is 14.4. The summed E-state index contributed by atoms with van der Waals surface area (Å²) in [5.74, 6) is -0.290. The number of imide groups is 1. The van der Waals surface area contributed by atoms with Crippen molar-refractivity contribution < 1.29 is 14.7 Å². The maximum absolute atomic E-state index is 11.5. The number of carbonyl (C=O) groups excluding carboxylic acids is 2. The third kappa shape index (κ3) is 4.92. The van der Waals surface area contributed by atoms with Crippen LogP contribution in [0.5, 0.6) is 0 Å². The molecule has 0 saturated heterocycles. The van der Waals surface area contributed by atoms with E-state index in [4.69, 9.17) is 5.11 Å². The number of imidazole rings is 1. The Morgan fingerprint density at radius 2 is 2.26 bits per heavy atom. The fraction of sp³-hybridized carbons (Fsp3) is 0.545. The molecule has 1 heterocycles. The van der Waals surface area contributed by atoms with Gasteiger partial charge in [0.25, 0.3) is 0 Å². The molecule has 0 spiro atoms. The molecule has 3 N–H and O–H groups in total. The maximum Gasteiger partial charge on any atom is 0.321 e. The predicted molar refractivity (Wildman–Crippen MR) is 71.7 cm³/mol. The average molecular weight is 286 g/mol. The van der Waals surface area contributed by atoms with Crippen LogP contribution in [-0.2, 0) is 18.4 Å². The highest BCUT2D eigenvalue weighted by atomic mass is 32.2. The Bertz CT molecular complexity index is 447. The first-order valence-electron chi connectivity index (χ1n) is 5.90. The highest BCUT2D eigenvalue weighted by Gasteiger charge is 2.11. The van der Waals surface area contributed by atoms with E-state index in [1.54, 1.807) is 17.8 Å². The van der Waals surface area contributed by atoms with E-state index in [-0.39, 0.29) is 18.3 Å². The second kappa shape index (κ2) is 7.80. The van der Waals surface area contributed by atoms with Gasteiger partial charge in [0.15, 0.2) is 5.16 Å². The van der Waals surface area contributed by atoms with Crippen LogP contribution < -0.4 is 10.6 Å². The standard InChI is InChI=1S/C11H18N4O3S/c1-3-4-12-10(18)14-9(17)7-19-11-13-5-8(6-16)15(11)2/h5,16H,3-4,6-7H2,1-2H3,(H2,12,14,17,18). The number of aliphatic hydroxyl groups is 1. The Kier molecular flexibility index (Phi) is 6.37. The van der Waals surface area contributed by atoms with Crippen molar-refractivity contribution in [1.29, 1.82) is 0 Å². The summed E-state index contributed by atoms with van der Waals surface area (Å²) in [6.07, 6.45) is 2.36. The molecule has 0 fully saturated rings. The van der Waals surface area contributed by atoms with Crippen molar-refractivity contribution in [3.8, 4) is 0 Å². The van der Waals surface area contributed by atoms with E-state index in [0.717, 1.165) is 6.42 Å². The second-order valence-electron chi connectivity index (χ2n) is 3.84. The Morgan fingerprint density at radius 3 is 2.84 bits per heavy atom. The second-order valence-corrected chi connectivity index (χ2v) is 4.78. The van der Waals surface area contributed by atoms with Crippen molar-refractivity contribution in [2.24, 2.45) is 7.05 Å². The number of amides is 3. The summed E-state index contributed by atoms with van der Waals surface area (Å²) in [7, 11) is 1.76. The van der Waals surface area contributed by atoms with Crippen LogP contribution in [0.2, 0.25) is 0 Å². The van der Waals surface area contributed by atoms with Crippen molar-refractivity contribution in [2.75, 3.05) is 12.3 Å². The molecule has 106 valence electrons. The van der Waals surface area contributed by atoms with Crippen molar-refractivity contribution in [2.45, 2.75) is 25.1 Å². The van der Waals surface area contributed by atoms with Gasteiger partial charge in [0, 0.05) is 13.6 Å². The van der Waals surface area contributed by atoms with Crippen molar-refractivity contribution in [3.05, 3.63) is 11.9 Å². The van der Waals surface area contributed by atoms with Crippen LogP contribution in [0.15, 0.2) is 11.4 Å². The molecule has 3 amide bonds. The van der Waals surface area contributed by atoms with Crippen LogP contribution in [-0.4, -0.2) is 38.9 Å². The van der Waals surface area contributed by atoms with Crippen LogP contribution in [0.4, 0.5) is 4.79 Å². The molecule has 0 atom stereocenters. The van der Waals surface area contributed by atoms with Crippen molar-refractivity contribution in [1.82, 2.24) is 20.2 Å². The molecule has 0 aromatic carbocycles. The largest absolute Gasteiger partial charge is 0.390 e. The zero-order valence-corrected chi connectivity index (χ0v) is 11.8. The van der Waals surface area contributed by atoms with Gasteiger partial charge in [-0.1, -0.05) is 18.7 Å². The van der Waals surface area contributed by atoms with Crippen LogP contribution in [0, 0.1) is 0 Å². The minimum atomic E-state index is -0.483. The van der Waals surface area contributed by atoms with Crippen LogP contribution >= 0.6 is 11.8 Å². The lowest BCUT2D eigenvalue weighted by Gasteiger charge is -2.06. The SMILES string of the molecule is CCCNC(=O)NC(=O)CSc1ncc(CO)n1C. The molecule has 7 nitrogen and oxygen atoms in total. The smallest absolute Gasteiger partial charge is 0.321 e. The van der Waals surface area contributed by atoms with E-state index < -0.39 is 6.03 Å². The first kappa shape index (κ1) is 15.5. The Balaban J connectivity index is 2.37. The number of hydrogen-bond acceptors (Lipinski definition) is 5. The van der Waals surface area contributed by atoms with E-state index in [2.05, 4.69) is 15.6 Å². The fourth-order valence-corrected chi connectivity index (χ4v) is 2.05. The molecular formula is C11H18N4O3S. The summed E-state index contributed by atoms with van der Waals surface area (Å²) < 4.78 is 1.70. The molecule has 0 aliphatic carbocycles. The molecule has 1 aromatic rings. The Labute approximate surface area is 115 Å². The number of urea groups is 1. The van der Waals surface area contributed by atoms with Gasteiger partial charge in [-0.05, 0) is 6.42 Å². The van der Waals surface area contributed by atoms with Gasteiger partial charge < -0.3 is 15.0 Å². The maximum atomic E-state index is 11.5. The molecule has 0 aliphatic rings. The molecule has 0 aliphatic heterocycles. The third-order valence-corrected chi connectivity index (χ3v) is 3.37. The Morgan fingerprint density at radius 1 is 1.53 bits per heavy atom. The summed E-state index contributed by atoms with van der Waals surface area (Å²) in [5.41, 5.74) is 0.670. The summed E-state index contributed by atoms with van der Waals surface area (Å²) in [6, 6.07) is -0.483. The summed E-state index contributed by atoms with van der Waals surface area (Å²) in [4.78, 5) is 26.8. The van der Waals surface area contributed by atoms with Gasteiger partial charge in [0.2, 0.25) is 5.91 Å². The zero-order chi connectivity index (χ0) is 14.3. The van der Waals surface area contributed by atoms with Gasteiger partial charge in [-0.15, -0.1) is 0 Å². The van der Waals surface area contributed by atoms with Crippen molar-refractivity contribution in [3.63, 3.8) is 0 Å². The minimum absolute atomic E-state index is 0.0925. The van der Waals surface area contributed by atoms with Gasteiger partial charge in [-0.25, -0.2) is 9.78 Å². The highest BCUT2D eigenvalue weighted by Crippen LogP contribution is 2.16. The number of thioether (sulfide) groups is 1. The zero-order valence-electron chi connectivity index (χ0n) is 11.0. The normalized spacial score (nSPS) is 10.3. The topological polar surface area (TPSA) is 96.2 Å². The number of nitrogens with zero attached hydrogens (tertiary/aromatic N) is 2. The molecule has 8 heteroatoms. The first-order valence-corrected chi connectivity index (χ1v) is 6.89. The van der Waals surface area contributed by atoms with Gasteiger partial charge in [0.1, 0.15) is 0 Å². The molecule has 19 heavy (non-hydrogen) atoms. The number of hydrogen-bond donors (Lipinski definition) is 3. The van der Waals surface area contributed by atoms with Gasteiger partial charge in [-0.2, -0.15) is 0 Å². The minimum Gasteiger partial charge on any atom is -0.390 e. The monoisotopic (exact) mass is 286 g/mol. The van der Waals surface area contributed by atoms with Gasteiger partial charge >= 0.3 is 6.03 Å². The van der Waals surface area contributed by atoms with Crippen LogP contribution in [0.1, 0.15) is 19.0 Å². The average Bonchev–Trinajstić information content (AvgIpc) is 2.74.